The van der Waals surface area contributed by atoms with E-state index in [2.05, 4.69) is 0 Å². The van der Waals surface area contributed by atoms with Crippen LogP contribution in [0.3, 0.4) is 0 Å². The van der Waals surface area contributed by atoms with Gasteiger partial charge in [0, 0.05) is 0 Å². The first-order valence-corrected chi connectivity index (χ1v) is 9.94. The number of piperazine rings is 1. The zero-order valence-corrected chi connectivity index (χ0v) is 16.7. The zero-order chi connectivity index (χ0) is 19.9. The van der Waals surface area contributed by atoms with Gasteiger partial charge in [0.1, 0.15) is 18.6 Å². The summed E-state index contributed by atoms with van der Waals surface area (Å²) in [4.78, 5) is 12.2. The number of amides is 1. The summed E-state index contributed by atoms with van der Waals surface area (Å²) in [6.45, 7) is 9.54. The van der Waals surface area contributed by atoms with Crippen LogP contribution in [0.25, 0.3) is 0 Å². The van der Waals surface area contributed by atoms with Crippen LogP contribution in [0.2, 0.25) is 0 Å². The zero-order valence-electron chi connectivity index (χ0n) is 15.9. The number of hydrogen-bond donors (Lipinski definition) is 1. The van der Waals surface area contributed by atoms with E-state index in [9.17, 15) is 18.3 Å². The second kappa shape index (κ2) is 6.65. The van der Waals surface area contributed by atoms with Crippen molar-refractivity contribution >= 4 is 16.1 Å². The van der Waals surface area contributed by atoms with Crippen molar-refractivity contribution in [2.24, 2.45) is 0 Å². The molecule has 0 aromatic heterocycles. The molecule has 0 aliphatic carbocycles. The predicted molar refractivity (Wildman–Crippen MR) is 97.0 cm³/mol. The molecular weight excluding hydrogens is 354 g/mol. The van der Waals surface area contributed by atoms with Gasteiger partial charge in [0.2, 0.25) is 10.0 Å². The van der Waals surface area contributed by atoms with E-state index in [4.69, 9.17) is 5.26 Å². The van der Waals surface area contributed by atoms with Crippen LogP contribution in [0.15, 0.2) is 23.1 Å². The van der Waals surface area contributed by atoms with Crippen molar-refractivity contribution in [3.8, 4) is 6.07 Å². The van der Waals surface area contributed by atoms with E-state index in [1.54, 1.807) is 19.9 Å². The molecule has 0 bridgehead atoms. The minimum atomic E-state index is -3.77. The van der Waals surface area contributed by atoms with Crippen molar-refractivity contribution in [3.63, 3.8) is 0 Å². The van der Waals surface area contributed by atoms with Gasteiger partial charge < -0.3 is 5.11 Å². The molecule has 0 saturated carbocycles. The van der Waals surface area contributed by atoms with Crippen LogP contribution in [0.1, 0.15) is 38.8 Å². The summed E-state index contributed by atoms with van der Waals surface area (Å²) in [6, 6.07) is 6.03. The number of hydrogen-bond acceptors (Lipinski definition) is 4. The molecule has 0 radical (unpaired) electrons. The van der Waals surface area contributed by atoms with E-state index < -0.39 is 27.7 Å². The van der Waals surface area contributed by atoms with E-state index in [1.165, 1.54) is 16.4 Å². The molecule has 1 aliphatic rings. The smallest absolute Gasteiger partial charge is 0.435 e. The normalized spacial score (nSPS) is 24.8. The maximum atomic E-state index is 13.1. The largest absolute Gasteiger partial charge is 0.514 e. The van der Waals surface area contributed by atoms with Crippen molar-refractivity contribution in [1.29, 1.82) is 5.26 Å². The molecular formula is C18H26N3O4S+. The molecule has 2 atom stereocenters. The number of rotatable bonds is 2. The molecule has 26 heavy (non-hydrogen) atoms. The number of carbonyl (C=O) groups is 1. The monoisotopic (exact) mass is 380 g/mol. The van der Waals surface area contributed by atoms with Gasteiger partial charge in [-0.3, -0.25) is 0 Å². The lowest BCUT2D eigenvalue weighted by molar-refractivity contribution is -0.909. The van der Waals surface area contributed by atoms with Gasteiger partial charge in [0.05, 0.1) is 29.1 Å². The van der Waals surface area contributed by atoms with Gasteiger partial charge >= 0.3 is 6.09 Å². The molecule has 7 nitrogen and oxygen atoms in total. The number of aryl methyl sites for hydroxylation is 1. The summed E-state index contributed by atoms with van der Waals surface area (Å²) in [7, 11) is -3.77. The highest BCUT2D eigenvalue weighted by Gasteiger charge is 2.53. The van der Waals surface area contributed by atoms with Gasteiger partial charge in [0.25, 0.3) is 0 Å². The molecule has 1 fully saturated rings. The molecule has 1 heterocycles. The van der Waals surface area contributed by atoms with Gasteiger partial charge in [-0.2, -0.15) is 14.4 Å². The number of sulfonamides is 1. The lowest BCUT2D eigenvalue weighted by atomic mass is 9.98. The van der Waals surface area contributed by atoms with E-state index in [1.807, 2.05) is 26.8 Å². The number of nitriles is 1. The second-order valence-corrected chi connectivity index (χ2v) is 9.74. The van der Waals surface area contributed by atoms with Crippen molar-refractivity contribution in [1.82, 2.24) is 4.31 Å². The van der Waals surface area contributed by atoms with E-state index in [0.717, 1.165) is 0 Å². The van der Waals surface area contributed by atoms with Gasteiger partial charge in [-0.25, -0.2) is 12.9 Å². The molecule has 1 aromatic carbocycles. The van der Waals surface area contributed by atoms with Gasteiger partial charge in [0.15, 0.2) is 0 Å². The second-order valence-electron chi connectivity index (χ2n) is 7.88. The first-order chi connectivity index (χ1) is 11.9. The molecule has 1 unspecified atom stereocenters. The minimum Gasteiger partial charge on any atom is -0.435 e. The van der Waals surface area contributed by atoms with Crippen LogP contribution < -0.4 is 0 Å². The van der Waals surface area contributed by atoms with Crippen molar-refractivity contribution in [2.75, 3.05) is 19.6 Å². The number of benzene rings is 1. The fourth-order valence-electron chi connectivity index (χ4n) is 3.68. The number of quaternary nitrogens is 1. The van der Waals surface area contributed by atoms with Crippen LogP contribution in [0.4, 0.5) is 4.79 Å². The fourth-order valence-corrected chi connectivity index (χ4v) is 5.51. The van der Waals surface area contributed by atoms with Crippen LogP contribution in [-0.2, 0) is 10.0 Å². The lowest BCUT2D eigenvalue weighted by Crippen LogP contribution is -2.72. The SMILES string of the molecule is Cc1cc(C#N)ccc1S(=O)(=O)N1CC[N+](C(=O)O)(C(C)(C)C)C[C@@H]1C. The first-order valence-electron chi connectivity index (χ1n) is 8.50. The summed E-state index contributed by atoms with van der Waals surface area (Å²) in [6.07, 6.45) is -0.934. The van der Waals surface area contributed by atoms with Crippen LogP contribution in [0.5, 0.6) is 0 Å². The maximum absolute atomic E-state index is 13.1. The average molecular weight is 380 g/mol. The van der Waals surface area contributed by atoms with Gasteiger partial charge in [-0.1, -0.05) is 0 Å². The van der Waals surface area contributed by atoms with Crippen LogP contribution in [-0.4, -0.2) is 59.6 Å². The Morgan fingerprint density at radius 2 is 2.00 bits per heavy atom. The molecule has 1 N–H and O–H groups in total. The van der Waals surface area contributed by atoms with Crippen molar-refractivity contribution in [3.05, 3.63) is 29.3 Å². The average Bonchev–Trinajstić information content (AvgIpc) is 2.52. The quantitative estimate of drug-likeness (QED) is 0.795. The number of carboxylic acid groups (broad SMARTS) is 1. The summed E-state index contributed by atoms with van der Waals surface area (Å²) in [5.74, 6) is 0. The predicted octanol–water partition coefficient (Wildman–Crippen LogP) is 2.55. The Balaban J connectivity index is 2.40. The van der Waals surface area contributed by atoms with Crippen LogP contribution >= 0.6 is 0 Å². The fraction of sp³-hybridized carbons (Fsp3) is 0.556. The van der Waals surface area contributed by atoms with E-state index in [-0.39, 0.29) is 29.0 Å². The Kier molecular flexibility index (Phi) is 5.21. The van der Waals surface area contributed by atoms with E-state index >= 15 is 0 Å². The number of nitrogens with zero attached hydrogens (tertiary/aromatic N) is 3. The summed E-state index contributed by atoms with van der Waals surface area (Å²) >= 11 is 0. The Bertz CT molecular complexity index is 867. The Hall–Kier alpha value is -1.95. The highest BCUT2D eigenvalue weighted by atomic mass is 32.2. The van der Waals surface area contributed by atoms with E-state index in [0.29, 0.717) is 11.1 Å². The molecule has 1 aliphatic heterocycles. The molecule has 1 aromatic rings. The van der Waals surface area contributed by atoms with Gasteiger partial charge in [-0.15, -0.1) is 0 Å². The molecule has 8 heteroatoms. The highest BCUT2D eigenvalue weighted by molar-refractivity contribution is 7.89. The summed E-state index contributed by atoms with van der Waals surface area (Å²) in [5, 5.41) is 18.8. The molecule has 2 rings (SSSR count). The molecule has 142 valence electrons. The summed E-state index contributed by atoms with van der Waals surface area (Å²) in [5.41, 5.74) is 0.374. The molecule has 1 saturated heterocycles. The Labute approximate surface area is 155 Å². The third-order valence-corrected chi connectivity index (χ3v) is 7.48. The highest BCUT2D eigenvalue weighted by Crippen LogP contribution is 2.33. The topological polar surface area (TPSA) is 98.5 Å². The van der Waals surface area contributed by atoms with Crippen LogP contribution in [0, 0.1) is 18.3 Å². The Morgan fingerprint density at radius 3 is 2.42 bits per heavy atom. The minimum absolute atomic E-state index is 0.131. The van der Waals surface area contributed by atoms with Gasteiger partial charge in [-0.05, 0) is 58.4 Å². The van der Waals surface area contributed by atoms with Crippen molar-refractivity contribution < 1.29 is 22.8 Å². The standard InChI is InChI=1S/C18H25N3O4S/c1-13-10-15(11-19)6-7-16(13)26(24,25)20-8-9-21(17(22)23,12-14(20)2)18(3,4)5/h6-7,10,14H,8-9,12H2,1-5H3/p+1/t14-,21?/m0/s1. The summed E-state index contributed by atoms with van der Waals surface area (Å²) < 4.78 is 27.5. The maximum Gasteiger partial charge on any atom is 0.514 e. The molecule has 0 spiro atoms. The lowest BCUT2D eigenvalue weighted by Gasteiger charge is -2.50. The van der Waals surface area contributed by atoms with Crippen molar-refractivity contribution in [2.45, 2.75) is 51.1 Å². The Morgan fingerprint density at radius 1 is 1.38 bits per heavy atom. The molecule has 1 amide bonds. The third kappa shape index (κ3) is 3.22. The first kappa shape index (κ1) is 20.4. The third-order valence-electron chi connectivity index (χ3n) is 5.31.